The molecule has 0 saturated heterocycles. The van der Waals surface area contributed by atoms with E-state index < -0.39 is 38.0 Å². The van der Waals surface area contributed by atoms with Crippen molar-refractivity contribution in [2.75, 3.05) is 6.54 Å². The highest BCUT2D eigenvalue weighted by molar-refractivity contribution is 7.90. The van der Waals surface area contributed by atoms with Gasteiger partial charge in [-0.3, -0.25) is 14.6 Å². The number of amides is 1. The Morgan fingerprint density at radius 2 is 1.63 bits per heavy atom. The molecule has 13 nitrogen and oxygen atoms in total. The number of ether oxygens (including phenoxy) is 1. The van der Waals surface area contributed by atoms with Crippen molar-refractivity contribution in [3.8, 4) is 11.5 Å². The summed E-state index contributed by atoms with van der Waals surface area (Å²) in [5.41, 5.74) is 0.0457. The number of carboxylic acid groups (broad SMARTS) is 1. The van der Waals surface area contributed by atoms with Crippen LogP contribution in [0.15, 0.2) is 82.8 Å². The summed E-state index contributed by atoms with van der Waals surface area (Å²) in [6, 6.07) is 12.9. The number of fused-ring (bicyclic) bond motifs is 1. The molecule has 38 heavy (non-hydrogen) atoms. The predicted octanol–water partition coefficient (Wildman–Crippen LogP) is 1.56. The van der Waals surface area contributed by atoms with Crippen molar-refractivity contribution in [3.63, 3.8) is 0 Å². The second-order valence-corrected chi connectivity index (χ2v) is 11.3. The fourth-order valence-electron chi connectivity index (χ4n) is 3.61. The Hall–Kier alpha value is -3.89. The molecule has 0 aliphatic carbocycles. The molecule has 1 aromatic heterocycles. The molecule has 15 heteroatoms. The summed E-state index contributed by atoms with van der Waals surface area (Å²) >= 11 is 0. The standard InChI is InChI=1S/C23H21N3O8S2.H3NO/c27-22-19-4-1-2-6-21(19)36(32,33)26(22)15-3-5-20(23(28)29)25-35(30,31)18-9-7-16(8-10-18)34-17-11-13-24-14-12-17;1-2/h1-2,4,6-14,20,25H,3,5,15H2,(H,28,29);2H,1H2/t20-;/m1./s1. The Morgan fingerprint density at radius 3 is 2.24 bits per heavy atom. The summed E-state index contributed by atoms with van der Waals surface area (Å²) in [5, 5.41) is 16.0. The number of sulfonamides is 2. The largest absolute Gasteiger partial charge is 0.480 e. The van der Waals surface area contributed by atoms with E-state index in [-0.39, 0.29) is 34.7 Å². The number of aromatic nitrogens is 1. The van der Waals surface area contributed by atoms with E-state index in [0.29, 0.717) is 15.8 Å². The van der Waals surface area contributed by atoms with E-state index >= 15 is 0 Å². The molecule has 4 rings (SSSR count). The van der Waals surface area contributed by atoms with E-state index in [1.165, 1.54) is 54.9 Å². The summed E-state index contributed by atoms with van der Waals surface area (Å²) in [6.45, 7) is -0.289. The van der Waals surface area contributed by atoms with E-state index in [4.69, 9.17) is 9.94 Å². The number of aliphatic carboxylic acids is 1. The lowest BCUT2D eigenvalue weighted by Gasteiger charge is -2.18. The zero-order chi connectivity index (χ0) is 27.9. The fraction of sp³-hybridized carbons (Fsp3) is 0.174. The average Bonchev–Trinajstić information content (AvgIpc) is 3.10. The summed E-state index contributed by atoms with van der Waals surface area (Å²) in [6.07, 6.45) is 2.76. The molecule has 0 radical (unpaired) electrons. The Morgan fingerprint density at radius 1 is 1.03 bits per heavy atom. The van der Waals surface area contributed by atoms with Gasteiger partial charge in [0.25, 0.3) is 15.9 Å². The van der Waals surface area contributed by atoms with Gasteiger partial charge in [0.15, 0.2) is 0 Å². The number of rotatable bonds is 10. The second-order valence-electron chi connectivity index (χ2n) is 7.79. The van der Waals surface area contributed by atoms with Gasteiger partial charge >= 0.3 is 5.97 Å². The predicted molar refractivity (Wildman–Crippen MR) is 132 cm³/mol. The lowest BCUT2D eigenvalue weighted by atomic mass is 10.1. The molecule has 3 aromatic rings. The van der Waals surface area contributed by atoms with Crippen LogP contribution in [-0.4, -0.2) is 60.9 Å². The first-order valence-electron chi connectivity index (χ1n) is 10.9. The minimum Gasteiger partial charge on any atom is -0.480 e. The van der Waals surface area contributed by atoms with Gasteiger partial charge < -0.3 is 15.1 Å². The quantitative estimate of drug-likeness (QED) is 0.260. The van der Waals surface area contributed by atoms with Crippen LogP contribution >= 0.6 is 0 Å². The van der Waals surface area contributed by atoms with Gasteiger partial charge in [-0.25, -0.2) is 27.0 Å². The van der Waals surface area contributed by atoms with Crippen molar-refractivity contribution in [2.24, 2.45) is 5.90 Å². The molecule has 0 saturated carbocycles. The second kappa shape index (κ2) is 12.1. The van der Waals surface area contributed by atoms with E-state index in [1.54, 1.807) is 18.2 Å². The van der Waals surface area contributed by atoms with Crippen LogP contribution in [0.4, 0.5) is 0 Å². The number of carbonyl (C=O) groups excluding carboxylic acids is 1. The first-order chi connectivity index (χ1) is 18.1. The van der Waals surface area contributed by atoms with E-state index in [0.717, 1.165) is 0 Å². The molecular weight excluding hydrogens is 540 g/mol. The summed E-state index contributed by atoms with van der Waals surface area (Å²) in [7, 11) is -8.25. The number of carbonyl (C=O) groups is 2. The van der Waals surface area contributed by atoms with Crippen molar-refractivity contribution in [1.82, 2.24) is 14.0 Å². The van der Waals surface area contributed by atoms with Crippen LogP contribution in [-0.2, 0) is 24.8 Å². The lowest BCUT2D eigenvalue weighted by molar-refractivity contribution is -0.139. The average molecular weight is 565 g/mol. The molecular formula is C23H24N4O9S2. The van der Waals surface area contributed by atoms with Crippen LogP contribution in [0.25, 0.3) is 0 Å². The number of nitrogens with one attached hydrogen (secondary N) is 1. The summed E-state index contributed by atoms with van der Waals surface area (Å²) < 4.78 is 59.1. The number of hydrogen-bond acceptors (Lipinski definition) is 10. The van der Waals surface area contributed by atoms with Crippen LogP contribution in [0.3, 0.4) is 0 Å². The summed E-state index contributed by atoms with van der Waals surface area (Å²) in [4.78, 5) is 27.8. The van der Waals surface area contributed by atoms with Gasteiger partial charge in [-0.1, -0.05) is 12.1 Å². The molecule has 0 bridgehead atoms. The van der Waals surface area contributed by atoms with Crippen LogP contribution < -0.4 is 15.4 Å². The molecule has 0 spiro atoms. The number of pyridine rings is 1. The number of benzene rings is 2. The third-order valence-corrected chi connectivity index (χ3v) is 8.71. The monoisotopic (exact) mass is 564 g/mol. The smallest absolute Gasteiger partial charge is 0.321 e. The molecule has 1 aliphatic rings. The van der Waals surface area contributed by atoms with Crippen molar-refractivity contribution in [2.45, 2.75) is 28.7 Å². The third-order valence-electron chi connectivity index (χ3n) is 5.38. The zero-order valence-corrected chi connectivity index (χ0v) is 21.3. The first kappa shape index (κ1) is 28.7. The van der Waals surface area contributed by atoms with Crippen LogP contribution in [0.1, 0.15) is 23.2 Å². The minimum absolute atomic E-state index is 0.0457. The molecule has 1 atom stereocenters. The molecule has 2 heterocycles. The highest BCUT2D eigenvalue weighted by Crippen LogP contribution is 2.30. The van der Waals surface area contributed by atoms with Crippen molar-refractivity contribution in [3.05, 3.63) is 78.6 Å². The molecule has 0 unspecified atom stereocenters. The summed E-state index contributed by atoms with van der Waals surface area (Å²) in [5.74, 6) is 2.24. The lowest BCUT2D eigenvalue weighted by Crippen LogP contribution is -2.41. The normalized spacial score (nSPS) is 14.7. The number of carboxylic acids is 1. The van der Waals surface area contributed by atoms with Crippen molar-refractivity contribution in [1.29, 1.82) is 0 Å². The maximum absolute atomic E-state index is 12.8. The van der Waals surface area contributed by atoms with Crippen LogP contribution in [0.5, 0.6) is 11.5 Å². The fourth-order valence-corrected chi connectivity index (χ4v) is 6.44. The molecule has 1 amide bonds. The SMILES string of the molecule is NO.O=C(O)[C@@H](CCCN1C(=O)c2ccccc2S1(=O)=O)NS(=O)(=O)c1ccc(Oc2ccncc2)cc1. The highest BCUT2D eigenvalue weighted by Gasteiger charge is 2.40. The Kier molecular flexibility index (Phi) is 9.13. The van der Waals surface area contributed by atoms with Crippen LogP contribution in [0.2, 0.25) is 0 Å². The Labute approximate surface area is 218 Å². The molecule has 5 N–H and O–H groups in total. The van der Waals surface area contributed by atoms with Gasteiger partial charge in [-0.2, -0.15) is 4.72 Å². The highest BCUT2D eigenvalue weighted by atomic mass is 32.2. The number of hydrogen-bond donors (Lipinski definition) is 4. The van der Waals surface area contributed by atoms with Gasteiger partial charge in [0, 0.05) is 18.9 Å². The van der Waals surface area contributed by atoms with Crippen LogP contribution in [0, 0.1) is 0 Å². The minimum atomic E-state index is -4.22. The Bertz CT molecular complexity index is 1500. The van der Waals surface area contributed by atoms with Gasteiger partial charge in [0.05, 0.1) is 10.5 Å². The first-order valence-corrected chi connectivity index (χ1v) is 13.9. The maximum atomic E-state index is 12.8. The molecule has 1 aliphatic heterocycles. The van der Waals surface area contributed by atoms with Gasteiger partial charge in [0.1, 0.15) is 22.4 Å². The van der Waals surface area contributed by atoms with Crippen molar-refractivity contribution < 1.29 is 41.5 Å². The van der Waals surface area contributed by atoms with Gasteiger partial charge in [-0.15, -0.1) is 0 Å². The number of nitrogens with zero attached hydrogens (tertiary/aromatic N) is 2. The Balaban J connectivity index is 0.00000195. The topological polar surface area (TPSA) is 206 Å². The van der Waals surface area contributed by atoms with Crippen molar-refractivity contribution >= 4 is 31.9 Å². The van der Waals surface area contributed by atoms with E-state index in [9.17, 15) is 31.5 Å². The van der Waals surface area contributed by atoms with Gasteiger partial charge in [0.2, 0.25) is 10.0 Å². The molecule has 202 valence electrons. The molecule has 0 fully saturated rings. The zero-order valence-electron chi connectivity index (χ0n) is 19.7. The number of nitrogens with two attached hydrogens (primary N) is 1. The third kappa shape index (κ3) is 6.32. The van der Waals surface area contributed by atoms with E-state index in [2.05, 4.69) is 15.6 Å². The molecule has 2 aromatic carbocycles. The maximum Gasteiger partial charge on any atom is 0.321 e. The van der Waals surface area contributed by atoms with E-state index in [1.807, 2.05) is 0 Å². The van der Waals surface area contributed by atoms with Gasteiger partial charge in [-0.05, 0) is 61.4 Å².